The lowest BCUT2D eigenvalue weighted by molar-refractivity contribution is -0.193. The zero-order chi connectivity index (χ0) is 30.3. The van der Waals surface area contributed by atoms with Gasteiger partial charge in [-0.3, -0.25) is 19.5 Å². The first-order valence-corrected chi connectivity index (χ1v) is 11.3. The molecule has 1 atom stereocenters. The van der Waals surface area contributed by atoms with Crippen LogP contribution in [0.3, 0.4) is 0 Å². The van der Waals surface area contributed by atoms with Crippen LogP contribution in [0.2, 0.25) is 0 Å². The Morgan fingerprint density at radius 2 is 1.65 bits per heavy atom. The van der Waals surface area contributed by atoms with E-state index in [4.69, 9.17) is 24.2 Å². The van der Waals surface area contributed by atoms with Gasteiger partial charge in [0.05, 0.1) is 36.5 Å². The molecule has 2 amide bonds. The van der Waals surface area contributed by atoms with Gasteiger partial charge in [-0.2, -0.15) is 26.3 Å². The highest BCUT2D eigenvalue weighted by molar-refractivity contribution is 5.98. The summed E-state index contributed by atoms with van der Waals surface area (Å²) in [6.07, 6.45) is -2.51. The van der Waals surface area contributed by atoms with Crippen molar-refractivity contribution in [3.05, 3.63) is 48.7 Å². The summed E-state index contributed by atoms with van der Waals surface area (Å²) >= 11 is 0. The number of likely N-dealkylation sites (tertiary alicyclic amines) is 1. The predicted octanol–water partition coefficient (Wildman–Crippen LogP) is 2.78. The summed E-state index contributed by atoms with van der Waals surface area (Å²) < 4.78 is 68.6. The highest BCUT2D eigenvalue weighted by Crippen LogP contribution is 2.35. The Morgan fingerprint density at radius 1 is 1.05 bits per heavy atom. The van der Waals surface area contributed by atoms with Crippen molar-refractivity contribution in [3.63, 3.8) is 0 Å². The lowest BCUT2D eigenvalue weighted by Gasteiger charge is -2.48. The number of rotatable bonds is 3. The number of anilines is 1. The number of piperazine rings is 1. The third kappa shape index (κ3) is 8.69. The molecular weight excluding hydrogens is 558 g/mol. The van der Waals surface area contributed by atoms with E-state index in [-0.39, 0.29) is 23.9 Å². The third-order valence-electron chi connectivity index (χ3n) is 5.84. The number of nitrogens with zero attached hydrogens (tertiary/aromatic N) is 4. The average Bonchev–Trinajstić information content (AvgIpc) is 3.51. The van der Waals surface area contributed by atoms with Crippen LogP contribution in [-0.2, 0) is 25.7 Å². The van der Waals surface area contributed by atoms with Crippen molar-refractivity contribution in [3.8, 4) is 0 Å². The third-order valence-corrected chi connectivity index (χ3v) is 5.84. The molecule has 4 rings (SSSR count). The van der Waals surface area contributed by atoms with Crippen molar-refractivity contribution >= 4 is 29.4 Å². The van der Waals surface area contributed by atoms with Gasteiger partial charge in [0.2, 0.25) is 11.8 Å². The molecule has 1 spiro atoms. The lowest BCUT2D eigenvalue weighted by atomic mass is 9.92. The van der Waals surface area contributed by atoms with Gasteiger partial charge in [0, 0.05) is 38.3 Å². The van der Waals surface area contributed by atoms with Crippen molar-refractivity contribution in [2.45, 2.75) is 37.8 Å². The van der Waals surface area contributed by atoms with E-state index in [1.165, 1.54) is 0 Å². The van der Waals surface area contributed by atoms with E-state index in [9.17, 15) is 35.9 Å². The van der Waals surface area contributed by atoms with Gasteiger partial charge in [-0.25, -0.2) is 9.59 Å². The molecule has 11 nitrogen and oxygen atoms in total. The normalized spacial score (nSPS) is 19.4. The van der Waals surface area contributed by atoms with Crippen LogP contribution in [0.4, 0.5) is 32.0 Å². The number of aromatic nitrogens is 1. The first kappa shape index (κ1) is 32.1. The molecule has 0 aromatic carbocycles. The Morgan fingerprint density at radius 3 is 2.10 bits per heavy atom. The number of carboxylic acid groups (broad SMARTS) is 2. The second kappa shape index (κ2) is 12.8. The molecule has 2 aromatic rings. The van der Waals surface area contributed by atoms with E-state index in [1.54, 1.807) is 41.6 Å². The Kier molecular flexibility index (Phi) is 10.3. The second-order valence-corrected chi connectivity index (χ2v) is 8.72. The number of hydrogen-bond acceptors (Lipinski definition) is 7. The fourth-order valence-electron chi connectivity index (χ4n) is 4.12. The van der Waals surface area contributed by atoms with Crippen LogP contribution in [-0.4, -0.2) is 92.8 Å². The number of carboxylic acids is 2. The summed E-state index contributed by atoms with van der Waals surface area (Å²) in [7, 11) is 0. The minimum atomic E-state index is -5.08. The molecule has 2 N–H and O–H groups in total. The number of carbonyl (C=O) groups excluding carboxylic acids is 2. The summed E-state index contributed by atoms with van der Waals surface area (Å²) in [4.78, 5) is 52.7. The predicted molar refractivity (Wildman–Crippen MR) is 123 cm³/mol. The molecule has 2 aromatic heterocycles. The molecule has 4 heterocycles. The molecule has 17 heteroatoms. The fraction of sp³-hybridized carbons (Fsp3) is 0.435. The fourth-order valence-corrected chi connectivity index (χ4v) is 4.12. The van der Waals surface area contributed by atoms with Gasteiger partial charge < -0.3 is 24.4 Å². The standard InChI is InChI=1S/C19H22N4O3.2C2HF3O2/c1-15(24)23-11-18(25)22(17-3-2-6-20-9-17)14-19(23)5-7-21(13-19)10-16-4-8-26-12-16;2*3-2(4,5)1(6)7/h2-4,6,8-9,12H,5,7,10-11,13-14H2,1H3;2*(H,6,7). The number of carbonyl (C=O) groups is 4. The van der Waals surface area contributed by atoms with Gasteiger partial charge in [-0.15, -0.1) is 0 Å². The summed E-state index contributed by atoms with van der Waals surface area (Å²) in [5, 5.41) is 14.2. The zero-order valence-electron chi connectivity index (χ0n) is 20.8. The number of alkyl halides is 6. The zero-order valence-corrected chi connectivity index (χ0v) is 20.8. The van der Waals surface area contributed by atoms with Crippen LogP contribution < -0.4 is 4.90 Å². The van der Waals surface area contributed by atoms with Crippen LogP contribution in [0.25, 0.3) is 0 Å². The van der Waals surface area contributed by atoms with E-state index in [0.717, 1.165) is 37.3 Å². The van der Waals surface area contributed by atoms with Crippen molar-refractivity contribution in [1.29, 1.82) is 0 Å². The molecular formula is C23H24F6N4O7. The molecule has 0 saturated carbocycles. The van der Waals surface area contributed by atoms with Crippen molar-refractivity contribution in [2.24, 2.45) is 0 Å². The van der Waals surface area contributed by atoms with Crippen molar-refractivity contribution < 1.29 is 60.2 Å². The number of amides is 2. The number of aliphatic carboxylic acids is 2. The maximum absolute atomic E-state index is 12.7. The summed E-state index contributed by atoms with van der Waals surface area (Å²) in [6.45, 7) is 4.56. The summed E-state index contributed by atoms with van der Waals surface area (Å²) in [6, 6.07) is 5.67. The first-order valence-electron chi connectivity index (χ1n) is 11.3. The van der Waals surface area contributed by atoms with Crippen LogP contribution >= 0.6 is 0 Å². The lowest BCUT2D eigenvalue weighted by Crippen LogP contribution is -2.66. The van der Waals surface area contributed by atoms with Crippen molar-refractivity contribution in [1.82, 2.24) is 14.8 Å². The molecule has 40 heavy (non-hydrogen) atoms. The van der Waals surface area contributed by atoms with E-state index < -0.39 is 24.3 Å². The molecule has 220 valence electrons. The second-order valence-electron chi connectivity index (χ2n) is 8.72. The van der Waals surface area contributed by atoms with Crippen LogP contribution in [0.5, 0.6) is 0 Å². The number of pyridine rings is 1. The van der Waals surface area contributed by atoms with Crippen LogP contribution in [0.15, 0.2) is 47.5 Å². The maximum Gasteiger partial charge on any atom is 0.490 e. The minimum absolute atomic E-state index is 0.0469. The Hall–Kier alpha value is -4.15. The van der Waals surface area contributed by atoms with E-state index >= 15 is 0 Å². The molecule has 2 aliphatic rings. The largest absolute Gasteiger partial charge is 0.490 e. The highest BCUT2D eigenvalue weighted by Gasteiger charge is 2.50. The van der Waals surface area contributed by atoms with Gasteiger partial charge in [-0.1, -0.05) is 0 Å². The van der Waals surface area contributed by atoms with Crippen molar-refractivity contribution in [2.75, 3.05) is 31.1 Å². The highest BCUT2D eigenvalue weighted by atomic mass is 19.4. The molecule has 0 aliphatic carbocycles. The van der Waals surface area contributed by atoms with E-state index in [0.29, 0.717) is 6.54 Å². The Labute approximate surface area is 222 Å². The monoisotopic (exact) mass is 582 g/mol. The number of furan rings is 1. The van der Waals surface area contributed by atoms with Gasteiger partial charge in [0.15, 0.2) is 0 Å². The number of halogens is 6. The van der Waals surface area contributed by atoms with Gasteiger partial charge in [-0.05, 0) is 24.6 Å². The van der Waals surface area contributed by atoms with Gasteiger partial charge in [0.1, 0.15) is 6.54 Å². The van der Waals surface area contributed by atoms with Gasteiger partial charge in [0.25, 0.3) is 0 Å². The number of hydrogen-bond donors (Lipinski definition) is 2. The minimum Gasteiger partial charge on any atom is -0.475 e. The molecule has 2 aliphatic heterocycles. The molecule has 1 unspecified atom stereocenters. The molecule has 0 radical (unpaired) electrons. The summed E-state index contributed by atoms with van der Waals surface area (Å²) in [5.74, 6) is -5.62. The van der Waals surface area contributed by atoms with Gasteiger partial charge >= 0.3 is 24.3 Å². The smallest absolute Gasteiger partial charge is 0.475 e. The Balaban J connectivity index is 0.000000333. The Bertz CT molecular complexity index is 1150. The van der Waals surface area contributed by atoms with E-state index in [1.807, 2.05) is 18.2 Å². The SMILES string of the molecule is CC(=O)N1CC(=O)N(c2cccnc2)CC12CCN(Cc1ccoc1)C2.O=C(O)C(F)(F)F.O=C(O)C(F)(F)F. The van der Waals surface area contributed by atoms with E-state index in [2.05, 4.69) is 9.88 Å². The average molecular weight is 582 g/mol. The topological polar surface area (TPSA) is 144 Å². The van der Waals surface area contributed by atoms with Crippen LogP contribution in [0.1, 0.15) is 18.9 Å². The summed E-state index contributed by atoms with van der Waals surface area (Å²) in [5.41, 5.74) is 1.54. The first-order chi connectivity index (χ1) is 18.5. The van der Waals surface area contributed by atoms with Crippen LogP contribution in [0, 0.1) is 0 Å². The molecule has 0 bridgehead atoms. The maximum atomic E-state index is 12.7. The molecule has 2 saturated heterocycles. The quantitative estimate of drug-likeness (QED) is 0.522. The molecule has 2 fully saturated rings.